The maximum atomic E-state index is 14.6. The number of aliphatic carboxylic acids is 1. The topological polar surface area (TPSA) is 140 Å². The van der Waals surface area contributed by atoms with Crippen molar-refractivity contribution in [1.82, 2.24) is 19.4 Å². The number of halogens is 2. The van der Waals surface area contributed by atoms with Crippen molar-refractivity contribution in [3.05, 3.63) is 230 Å². The van der Waals surface area contributed by atoms with E-state index >= 15 is 0 Å². The molecular formula is C62H54Cl2N4O8. The number of nitrogens with zero attached hydrogens (tertiary/aromatic N) is 4. The van der Waals surface area contributed by atoms with Gasteiger partial charge < -0.3 is 33.7 Å². The first-order chi connectivity index (χ1) is 36.9. The van der Waals surface area contributed by atoms with E-state index in [1.807, 2.05) is 120 Å². The number of rotatable bonds is 16. The minimum atomic E-state index is -1.74. The molecule has 384 valence electrons. The molecule has 0 radical (unpaired) electrons. The molecule has 3 unspecified atom stereocenters. The van der Waals surface area contributed by atoms with Crippen LogP contribution in [0.25, 0.3) is 16.8 Å². The van der Waals surface area contributed by atoms with Crippen molar-refractivity contribution in [2.24, 2.45) is 0 Å². The first-order valence-electron chi connectivity index (χ1n) is 25.2. The fraction of sp³-hybridized carbons (Fsp3) is 0.210. The number of para-hydroxylation sites is 1. The van der Waals surface area contributed by atoms with Crippen molar-refractivity contribution in [3.63, 3.8) is 0 Å². The molecule has 3 atom stereocenters. The lowest BCUT2D eigenvalue weighted by Crippen LogP contribution is -2.43. The summed E-state index contributed by atoms with van der Waals surface area (Å²) in [4.78, 5) is 64.3. The van der Waals surface area contributed by atoms with Crippen LogP contribution in [0.3, 0.4) is 0 Å². The molecule has 1 aromatic heterocycles. The zero-order valence-electron chi connectivity index (χ0n) is 41.9. The summed E-state index contributed by atoms with van der Waals surface area (Å²) < 4.78 is 20.7. The van der Waals surface area contributed by atoms with E-state index in [1.54, 1.807) is 58.7 Å². The smallest absolute Gasteiger partial charge is 0.345 e. The Morgan fingerprint density at radius 1 is 0.658 bits per heavy atom. The number of carbonyl (C=O) groups excluding carboxylic acids is 3. The molecule has 10 rings (SSSR count). The second kappa shape index (κ2) is 22.7. The van der Waals surface area contributed by atoms with Gasteiger partial charge in [0.25, 0.3) is 5.91 Å². The summed E-state index contributed by atoms with van der Waals surface area (Å²) in [5.74, 6) is -1.99. The van der Waals surface area contributed by atoms with Gasteiger partial charge in [-0.15, -0.1) is 0 Å². The second-order valence-electron chi connectivity index (χ2n) is 19.0. The fourth-order valence-corrected chi connectivity index (χ4v) is 10.8. The van der Waals surface area contributed by atoms with E-state index in [0.29, 0.717) is 59.3 Å². The van der Waals surface area contributed by atoms with Crippen LogP contribution < -0.4 is 14.2 Å². The maximum Gasteiger partial charge on any atom is 0.345 e. The zero-order chi connectivity index (χ0) is 52.9. The van der Waals surface area contributed by atoms with Gasteiger partial charge in [-0.3, -0.25) is 14.4 Å². The highest BCUT2D eigenvalue weighted by Gasteiger charge is 2.37. The summed E-state index contributed by atoms with van der Waals surface area (Å²) in [7, 11) is 0. The van der Waals surface area contributed by atoms with Gasteiger partial charge in [0, 0.05) is 63.8 Å². The van der Waals surface area contributed by atoms with Gasteiger partial charge in [-0.25, -0.2) is 9.78 Å². The Hall–Kier alpha value is -8.19. The summed E-state index contributed by atoms with van der Waals surface area (Å²) >= 11 is 13.4. The number of imidazole rings is 1. The van der Waals surface area contributed by atoms with E-state index < -0.39 is 36.5 Å². The first-order valence-corrected chi connectivity index (χ1v) is 26.0. The molecule has 0 spiro atoms. The van der Waals surface area contributed by atoms with Gasteiger partial charge in [0.2, 0.25) is 12.0 Å². The molecule has 0 bridgehead atoms. The molecule has 0 fully saturated rings. The Labute approximate surface area is 451 Å². The third-order valence-electron chi connectivity index (χ3n) is 14.3. The number of benzene rings is 7. The normalized spacial score (nSPS) is 15.3. The van der Waals surface area contributed by atoms with Crippen molar-refractivity contribution in [2.75, 3.05) is 19.7 Å². The molecule has 14 heteroatoms. The number of carboxylic acid groups (broad SMARTS) is 1. The molecule has 7 aromatic carbocycles. The average Bonchev–Trinajstić information content (AvgIpc) is 3.92. The van der Waals surface area contributed by atoms with Crippen molar-refractivity contribution in [1.29, 1.82) is 0 Å². The Morgan fingerprint density at radius 2 is 1.26 bits per heavy atom. The van der Waals surface area contributed by atoms with Crippen LogP contribution in [-0.2, 0) is 38.4 Å². The molecular weight excluding hydrogens is 1000 g/mol. The third kappa shape index (κ3) is 11.0. The van der Waals surface area contributed by atoms with Gasteiger partial charge in [-0.05, 0) is 121 Å². The number of fused-ring (bicyclic) bond motifs is 2. The largest absolute Gasteiger partial charge is 0.483 e. The number of esters is 1. The average molecular weight is 1050 g/mol. The lowest BCUT2D eigenvalue weighted by molar-refractivity contribution is -0.150. The Morgan fingerprint density at radius 3 is 1.95 bits per heavy atom. The number of hydrogen-bond donors (Lipinski definition) is 1. The maximum absolute atomic E-state index is 14.6. The van der Waals surface area contributed by atoms with Crippen molar-refractivity contribution >= 4 is 47.0 Å². The fourth-order valence-electron chi connectivity index (χ4n) is 10.4. The summed E-state index contributed by atoms with van der Waals surface area (Å²) in [6.07, 6.45) is 2.84. The highest BCUT2D eigenvalue weighted by atomic mass is 35.5. The van der Waals surface area contributed by atoms with E-state index in [2.05, 4.69) is 24.9 Å². The van der Waals surface area contributed by atoms with Gasteiger partial charge >= 0.3 is 11.9 Å². The lowest BCUT2D eigenvalue weighted by Gasteiger charge is -2.38. The van der Waals surface area contributed by atoms with Crippen molar-refractivity contribution in [3.8, 4) is 34.1 Å². The number of amides is 2. The highest BCUT2D eigenvalue weighted by molar-refractivity contribution is 6.31. The molecule has 0 saturated carbocycles. The number of hydrogen-bond acceptors (Lipinski definition) is 8. The Bertz CT molecular complexity index is 3470. The standard InChI is InChI=1S/C62H54Cl2N4O8/c1-39-13-12-21-52(40(39)2)68-38-65-36-46(68)25-28-57(69)66-31-29-42-16-6-8-19-48(42)60(66)50-33-44(63)23-26-54(50)75-56(62(72)73)35-59(71)76-55-27-24-45(64)34-51(55)61-49-20-9-7-17-43(49)30-32-67(61)58(70)37-74-53-22-11-10-18-47(53)41-14-4-3-5-15-41/h3-24,26-27,33-34,36,38,56,60-61H,25,28-32,35,37H2,1-2H3,(H,72,73). The predicted octanol–water partition coefficient (Wildman–Crippen LogP) is 12.0. The van der Waals surface area contributed by atoms with E-state index in [1.165, 1.54) is 0 Å². The number of aromatic nitrogens is 2. The van der Waals surface area contributed by atoms with Crippen LogP contribution in [-0.4, -0.2) is 74.0 Å². The summed E-state index contributed by atoms with van der Waals surface area (Å²) in [5, 5.41) is 11.4. The molecule has 76 heavy (non-hydrogen) atoms. The molecule has 12 nitrogen and oxygen atoms in total. The second-order valence-corrected chi connectivity index (χ2v) is 19.9. The highest BCUT2D eigenvalue weighted by Crippen LogP contribution is 2.43. The van der Waals surface area contributed by atoms with Crippen LogP contribution in [0.4, 0.5) is 0 Å². The Kier molecular flexibility index (Phi) is 15.3. The van der Waals surface area contributed by atoms with Crippen LogP contribution in [0.2, 0.25) is 10.0 Å². The SMILES string of the molecule is Cc1cccc(-n2cncc2CCC(=O)N2CCc3ccccc3C2c2cc(Cl)ccc2OC(CC(=O)Oc2ccc(Cl)cc2C2c3ccccc3CCN2C(=O)COc2ccccc2-c2ccccc2)C(=O)O)c1C. The molecule has 1 N–H and O–H groups in total. The zero-order valence-corrected chi connectivity index (χ0v) is 43.4. The lowest BCUT2D eigenvalue weighted by atomic mass is 9.87. The molecule has 3 heterocycles. The van der Waals surface area contributed by atoms with Crippen LogP contribution in [0.1, 0.15) is 75.1 Å². The van der Waals surface area contributed by atoms with Gasteiger partial charge in [0.05, 0.1) is 24.8 Å². The van der Waals surface area contributed by atoms with Crippen LogP contribution >= 0.6 is 23.2 Å². The van der Waals surface area contributed by atoms with E-state index in [9.17, 15) is 24.3 Å². The number of carbonyl (C=O) groups is 4. The van der Waals surface area contributed by atoms with E-state index in [0.717, 1.165) is 55.9 Å². The van der Waals surface area contributed by atoms with Gasteiger partial charge in [0.1, 0.15) is 17.2 Å². The van der Waals surface area contributed by atoms with Gasteiger partial charge in [-0.2, -0.15) is 0 Å². The van der Waals surface area contributed by atoms with Crippen LogP contribution in [0, 0.1) is 13.8 Å². The summed E-state index contributed by atoms with van der Waals surface area (Å²) in [5.41, 5.74) is 10.5. The third-order valence-corrected chi connectivity index (χ3v) is 14.8. The van der Waals surface area contributed by atoms with Gasteiger partial charge in [-0.1, -0.05) is 132 Å². The van der Waals surface area contributed by atoms with Crippen LogP contribution in [0.5, 0.6) is 17.2 Å². The monoisotopic (exact) mass is 1050 g/mol. The molecule has 2 aliphatic heterocycles. The Balaban J connectivity index is 0.898. The van der Waals surface area contributed by atoms with Crippen LogP contribution in [0.15, 0.2) is 170 Å². The number of aryl methyl sites for hydroxylation is 2. The van der Waals surface area contributed by atoms with Crippen molar-refractivity contribution < 1.29 is 38.5 Å². The molecule has 0 saturated heterocycles. The van der Waals surface area contributed by atoms with E-state index in [4.69, 9.17) is 37.4 Å². The number of carboxylic acids is 1. The molecule has 0 aliphatic carbocycles. The van der Waals surface area contributed by atoms with E-state index in [-0.39, 0.29) is 36.3 Å². The van der Waals surface area contributed by atoms with Crippen molar-refractivity contribution in [2.45, 2.75) is 64.1 Å². The minimum absolute atomic E-state index is 0.0885. The predicted molar refractivity (Wildman–Crippen MR) is 291 cm³/mol. The molecule has 8 aromatic rings. The first kappa shape index (κ1) is 51.3. The molecule has 2 amide bonds. The summed E-state index contributed by atoms with van der Waals surface area (Å²) in [6, 6.07) is 47.1. The summed E-state index contributed by atoms with van der Waals surface area (Å²) in [6.45, 7) is 4.56. The molecule has 2 aliphatic rings. The quantitative estimate of drug-likeness (QED) is 0.0739. The minimum Gasteiger partial charge on any atom is -0.483 e. The van der Waals surface area contributed by atoms with Gasteiger partial charge in [0.15, 0.2) is 6.61 Å². The number of ether oxygens (including phenoxy) is 3.